The number of nitrogens with one attached hydrogen (secondary N) is 2. The van der Waals surface area contributed by atoms with Gasteiger partial charge in [0.25, 0.3) is 0 Å². The molecule has 88 valence electrons. The minimum atomic E-state index is -0.225. The van der Waals surface area contributed by atoms with Crippen molar-refractivity contribution in [2.45, 2.75) is 26.8 Å². The van der Waals surface area contributed by atoms with Crippen molar-refractivity contribution in [3.8, 4) is 5.75 Å². The molecule has 0 saturated heterocycles. The summed E-state index contributed by atoms with van der Waals surface area (Å²) in [4.78, 5) is 11.5. The molecule has 0 aromatic heterocycles. The van der Waals surface area contributed by atoms with Gasteiger partial charge in [-0.25, -0.2) is 4.79 Å². The van der Waals surface area contributed by atoms with E-state index in [-0.39, 0.29) is 12.1 Å². The standard InChI is InChI=1S/C12H18N2O2/c1-8(2)13-12(15)14-10-6-5-9(3)7-11(10)16-4/h5-8H,1-4H3,(H2,13,14,15). The zero-order valence-corrected chi connectivity index (χ0v) is 10.1. The van der Waals surface area contributed by atoms with Crippen LogP contribution in [0.25, 0.3) is 0 Å². The molecule has 0 atom stereocenters. The van der Waals surface area contributed by atoms with Crippen molar-refractivity contribution in [3.63, 3.8) is 0 Å². The van der Waals surface area contributed by atoms with Gasteiger partial charge < -0.3 is 15.4 Å². The molecule has 0 saturated carbocycles. The Hall–Kier alpha value is -1.71. The Kier molecular flexibility index (Phi) is 4.17. The lowest BCUT2D eigenvalue weighted by molar-refractivity contribution is 0.250. The third-order valence-electron chi connectivity index (χ3n) is 2.02. The number of carbonyl (C=O) groups is 1. The highest BCUT2D eigenvalue weighted by atomic mass is 16.5. The number of methoxy groups -OCH3 is 1. The maximum atomic E-state index is 11.5. The first-order valence-corrected chi connectivity index (χ1v) is 5.25. The molecule has 0 aliphatic carbocycles. The van der Waals surface area contributed by atoms with Crippen LogP contribution in [0, 0.1) is 6.92 Å². The number of hydrogen-bond acceptors (Lipinski definition) is 2. The van der Waals surface area contributed by atoms with Gasteiger partial charge in [0, 0.05) is 6.04 Å². The molecule has 0 aliphatic rings. The summed E-state index contributed by atoms with van der Waals surface area (Å²) in [5, 5.41) is 5.50. The fraction of sp³-hybridized carbons (Fsp3) is 0.417. The van der Waals surface area contributed by atoms with Gasteiger partial charge in [-0.1, -0.05) is 6.07 Å². The van der Waals surface area contributed by atoms with E-state index < -0.39 is 0 Å². The Balaban J connectivity index is 2.76. The number of anilines is 1. The van der Waals surface area contributed by atoms with E-state index in [1.54, 1.807) is 7.11 Å². The number of ether oxygens (including phenoxy) is 1. The Morgan fingerprint density at radius 2 is 2.06 bits per heavy atom. The normalized spacial score (nSPS) is 10.1. The number of hydrogen-bond donors (Lipinski definition) is 2. The molecule has 4 heteroatoms. The third-order valence-corrected chi connectivity index (χ3v) is 2.02. The van der Waals surface area contributed by atoms with E-state index in [1.807, 2.05) is 39.0 Å². The van der Waals surface area contributed by atoms with E-state index in [0.717, 1.165) is 5.56 Å². The van der Waals surface area contributed by atoms with Gasteiger partial charge in [0.05, 0.1) is 12.8 Å². The highest BCUT2D eigenvalue weighted by Crippen LogP contribution is 2.24. The number of benzene rings is 1. The predicted molar refractivity (Wildman–Crippen MR) is 65.0 cm³/mol. The monoisotopic (exact) mass is 222 g/mol. The number of rotatable bonds is 3. The molecule has 1 aromatic rings. The quantitative estimate of drug-likeness (QED) is 0.825. The number of amides is 2. The van der Waals surface area contributed by atoms with Crippen LogP contribution in [0.15, 0.2) is 18.2 Å². The zero-order chi connectivity index (χ0) is 12.1. The van der Waals surface area contributed by atoms with E-state index in [2.05, 4.69) is 10.6 Å². The molecular formula is C12H18N2O2. The van der Waals surface area contributed by atoms with Crippen LogP contribution in [0.3, 0.4) is 0 Å². The molecule has 0 heterocycles. The fourth-order valence-electron chi connectivity index (χ4n) is 1.32. The Labute approximate surface area is 96.0 Å². The van der Waals surface area contributed by atoms with Crippen LogP contribution in [-0.4, -0.2) is 19.2 Å². The molecule has 2 N–H and O–H groups in total. The van der Waals surface area contributed by atoms with Gasteiger partial charge >= 0.3 is 6.03 Å². The second-order valence-electron chi connectivity index (χ2n) is 3.96. The first-order valence-electron chi connectivity index (χ1n) is 5.25. The van der Waals surface area contributed by atoms with E-state index in [0.29, 0.717) is 11.4 Å². The minimum Gasteiger partial charge on any atom is -0.495 e. The van der Waals surface area contributed by atoms with Crippen molar-refractivity contribution in [2.75, 3.05) is 12.4 Å². The summed E-state index contributed by atoms with van der Waals surface area (Å²) in [5.41, 5.74) is 1.76. The number of urea groups is 1. The summed E-state index contributed by atoms with van der Waals surface area (Å²) >= 11 is 0. The van der Waals surface area contributed by atoms with Crippen molar-refractivity contribution in [1.29, 1.82) is 0 Å². The van der Waals surface area contributed by atoms with Crippen molar-refractivity contribution in [2.24, 2.45) is 0 Å². The molecule has 1 aromatic carbocycles. The Bertz CT molecular complexity index is 375. The van der Waals surface area contributed by atoms with Crippen LogP contribution in [0.2, 0.25) is 0 Å². The van der Waals surface area contributed by atoms with Crippen LogP contribution in [-0.2, 0) is 0 Å². The Morgan fingerprint density at radius 1 is 1.38 bits per heavy atom. The van der Waals surface area contributed by atoms with Gasteiger partial charge in [-0.05, 0) is 38.5 Å². The lowest BCUT2D eigenvalue weighted by Crippen LogP contribution is -2.34. The summed E-state index contributed by atoms with van der Waals surface area (Å²) < 4.78 is 5.19. The van der Waals surface area contributed by atoms with Crippen LogP contribution in [0.4, 0.5) is 10.5 Å². The van der Waals surface area contributed by atoms with E-state index in [4.69, 9.17) is 4.74 Å². The van der Waals surface area contributed by atoms with Crippen LogP contribution in [0.1, 0.15) is 19.4 Å². The molecule has 0 bridgehead atoms. The molecule has 0 unspecified atom stereocenters. The largest absolute Gasteiger partial charge is 0.495 e. The molecule has 0 fully saturated rings. The SMILES string of the molecule is COc1cc(C)ccc1NC(=O)NC(C)C. The molecule has 1 rings (SSSR count). The van der Waals surface area contributed by atoms with Crippen LogP contribution < -0.4 is 15.4 Å². The maximum Gasteiger partial charge on any atom is 0.319 e. The summed E-state index contributed by atoms with van der Waals surface area (Å²) in [6, 6.07) is 5.51. The predicted octanol–water partition coefficient (Wildman–Crippen LogP) is 2.53. The first kappa shape index (κ1) is 12.4. The molecular weight excluding hydrogens is 204 g/mol. The van der Waals surface area contributed by atoms with Gasteiger partial charge in [0.2, 0.25) is 0 Å². The summed E-state index contributed by atoms with van der Waals surface area (Å²) in [5.74, 6) is 0.666. The van der Waals surface area contributed by atoms with Gasteiger partial charge in [-0.2, -0.15) is 0 Å². The highest BCUT2D eigenvalue weighted by Gasteiger charge is 2.07. The van der Waals surface area contributed by atoms with Crippen molar-refractivity contribution >= 4 is 11.7 Å². The smallest absolute Gasteiger partial charge is 0.319 e. The van der Waals surface area contributed by atoms with Crippen LogP contribution >= 0.6 is 0 Å². The lowest BCUT2D eigenvalue weighted by atomic mass is 10.2. The summed E-state index contributed by atoms with van der Waals surface area (Å²) in [6.07, 6.45) is 0. The van der Waals surface area contributed by atoms with Gasteiger partial charge in [0.1, 0.15) is 5.75 Å². The average molecular weight is 222 g/mol. The molecule has 0 spiro atoms. The highest BCUT2D eigenvalue weighted by molar-refractivity contribution is 5.91. The maximum absolute atomic E-state index is 11.5. The average Bonchev–Trinajstić information content (AvgIpc) is 2.19. The molecule has 4 nitrogen and oxygen atoms in total. The summed E-state index contributed by atoms with van der Waals surface area (Å²) in [6.45, 7) is 5.79. The first-order chi connectivity index (χ1) is 7.52. The summed E-state index contributed by atoms with van der Waals surface area (Å²) in [7, 11) is 1.58. The lowest BCUT2D eigenvalue weighted by Gasteiger charge is -2.13. The molecule has 0 aliphatic heterocycles. The van der Waals surface area contributed by atoms with E-state index in [1.165, 1.54) is 0 Å². The van der Waals surface area contributed by atoms with Gasteiger partial charge in [0.15, 0.2) is 0 Å². The molecule has 2 amide bonds. The van der Waals surface area contributed by atoms with Crippen molar-refractivity contribution in [3.05, 3.63) is 23.8 Å². The van der Waals surface area contributed by atoms with E-state index in [9.17, 15) is 4.79 Å². The van der Waals surface area contributed by atoms with Gasteiger partial charge in [-0.3, -0.25) is 0 Å². The molecule has 16 heavy (non-hydrogen) atoms. The molecule has 0 radical (unpaired) electrons. The fourth-order valence-corrected chi connectivity index (χ4v) is 1.32. The zero-order valence-electron chi connectivity index (χ0n) is 10.1. The van der Waals surface area contributed by atoms with Gasteiger partial charge in [-0.15, -0.1) is 0 Å². The third kappa shape index (κ3) is 3.46. The second kappa shape index (κ2) is 5.39. The van der Waals surface area contributed by atoms with Crippen LogP contribution in [0.5, 0.6) is 5.75 Å². The van der Waals surface area contributed by atoms with Crippen molar-refractivity contribution in [1.82, 2.24) is 5.32 Å². The number of carbonyl (C=O) groups excluding carboxylic acids is 1. The minimum absolute atomic E-state index is 0.108. The topological polar surface area (TPSA) is 50.4 Å². The number of aryl methyl sites for hydroxylation is 1. The van der Waals surface area contributed by atoms with Crippen molar-refractivity contribution < 1.29 is 9.53 Å². The Morgan fingerprint density at radius 3 is 2.62 bits per heavy atom. The van der Waals surface area contributed by atoms with E-state index >= 15 is 0 Å². The second-order valence-corrected chi connectivity index (χ2v) is 3.96.